The van der Waals surface area contributed by atoms with Crippen LogP contribution in [0.25, 0.3) is 11.3 Å². The van der Waals surface area contributed by atoms with Crippen molar-refractivity contribution >= 4 is 34.5 Å². The Morgan fingerprint density at radius 2 is 1.61 bits per heavy atom. The molecule has 0 bridgehead atoms. The van der Waals surface area contributed by atoms with Crippen LogP contribution in [0.4, 0.5) is 5.69 Å². The average Bonchev–Trinajstić information content (AvgIpc) is 3.24. The van der Waals surface area contributed by atoms with Gasteiger partial charge < -0.3 is 19.0 Å². The van der Waals surface area contributed by atoms with Crippen LogP contribution in [0.1, 0.15) is 5.76 Å². The van der Waals surface area contributed by atoms with Crippen molar-refractivity contribution in [1.29, 1.82) is 0 Å². The van der Waals surface area contributed by atoms with Crippen LogP contribution in [0.5, 0.6) is 5.75 Å². The van der Waals surface area contributed by atoms with Gasteiger partial charge in [-0.1, -0.05) is 23.8 Å². The second-order valence-electron chi connectivity index (χ2n) is 6.65. The number of rotatable bonds is 4. The van der Waals surface area contributed by atoms with Crippen LogP contribution in [0.15, 0.2) is 65.1 Å². The Hall–Kier alpha value is -2.50. The molecule has 4 rings (SSSR count). The molecule has 2 heterocycles. The SMILES string of the molecule is COc1ccc(-c2ccc(C(=S)N3CCN(c4ccc(Cl)cc4)CC3)o2)cc1. The van der Waals surface area contributed by atoms with Gasteiger partial charge in [0.1, 0.15) is 16.5 Å². The minimum atomic E-state index is 0.737. The third kappa shape index (κ3) is 4.01. The van der Waals surface area contributed by atoms with Crippen LogP contribution >= 0.6 is 23.8 Å². The van der Waals surface area contributed by atoms with Crippen molar-refractivity contribution in [3.8, 4) is 17.1 Å². The first-order valence-corrected chi connectivity index (χ1v) is 9.97. The van der Waals surface area contributed by atoms with E-state index >= 15 is 0 Å². The maximum absolute atomic E-state index is 6.03. The van der Waals surface area contributed by atoms with Crippen LogP contribution in [-0.4, -0.2) is 43.2 Å². The van der Waals surface area contributed by atoms with Crippen molar-refractivity contribution in [3.05, 3.63) is 71.4 Å². The van der Waals surface area contributed by atoms with E-state index in [0.717, 1.165) is 59.0 Å². The van der Waals surface area contributed by atoms with Gasteiger partial charge >= 0.3 is 0 Å². The minimum absolute atomic E-state index is 0.737. The first kappa shape index (κ1) is 18.8. The molecular weight excluding hydrogens is 392 g/mol. The molecule has 1 saturated heterocycles. The third-order valence-corrected chi connectivity index (χ3v) is 5.66. The summed E-state index contributed by atoms with van der Waals surface area (Å²) in [7, 11) is 1.66. The molecule has 0 saturated carbocycles. The molecule has 6 heteroatoms. The highest BCUT2D eigenvalue weighted by molar-refractivity contribution is 7.80. The van der Waals surface area contributed by atoms with Crippen molar-refractivity contribution in [1.82, 2.24) is 4.90 Å². The molecule has 2 aromatic carbocycles. The van der Waals surface area contributed by atoms with E-state index in [1.165, 1.54) is 5.69 Å². The predicted octanol–water partition coefficient (Wildman–Crippen LogP) is 5.11. The standard InChI is InChI=1S/C22H21ClN2O2S/c1-26-19-8-2-16(3-9-19)20-10-11-21(27-20)22(28)25-14-12-24(13-15-25)18-6-4-17(23)5-7-18/h2-11H,12-15H2,1H3. The monoisotopic (exact) mass is 412 g/mol. The zero-order valence-corrected chi connectivity index (χ0v) is 17.2. The van der Waals surface area contributed by atoms with E-state index in [1.807, 2.05) is 48.5 Å². The molecule has 1 aliphatic rings. The molecule has 3 aromatic rings. The largest absolute Gasteiger partial charge is 0.497 e. The number of halogens is 1. The number of hydrogen-bond donors (Lipinski definition) is 0. The van der Waals surface area contributed by atoms with Gasteiger partial charge in [-0.25, -0.2) is 0 Å². The summed E-state index contributed by atoms with van der Waals surface area (Å²) in [6, 6.07) is 19.7. The summed E-state index contributed by atoms with van der Waals surface area (Å²) in [5.74, 6) is 2.37. The number of nitrogens with zero attached hydrogens (tertiary/aromatic N) is 2. The van der Waals surface area contributed by atoms with Gasteiger partial charge in [0.25, 0.3) is 0 Å². The van der Waals surface area contributed by atoms with Crippen molar-refractivity contribution < 1.29 is 9.15 Å². The highest BCUT2D eigenvalue weighted by Gasteiger charge is 2.22. The van der Waals surface area contributed by atoms with E-state index in [4.69, 9.17) is 33.0 Å². The van der Waals surface area contributed by atoms with Crippen LogP contribution in [0, 0.1) is 0 Å². The lowest BCUT2D eigenvalue weighted by atomic mass is 10.2. The average molecular weight is 413 g/mol. The molecule has 0 spiro atoms. The van der Waals surface area contributed by atoms with E-state index in [9.17, 15) is 0 Å². The number of benzene rings is 2. The number of hydrogen-bond acceptors (Lipinski definition) is 4. The normalized spacial score (nSPS) is 14.2. The Bertz CT molecular complexity index is 945. The molecule has 0 unspecified atom stereocenters. The highest BCUT2D eigenvalue weighted by atomic mass is 35.5. The minimum Gasteiger partial charge on any atom is -0.497 e. The van der Waals surface area contributed by atoms with Crippen LogP contribution in [-0.2, 0) is 0 Å². The zero-order valence-electron chi connectivity index (χ0n) is 15.6. The van der Waals surface area contributed by atoms with Gasteiger partial charge in [-0.2, -0.15) is 0 Å². The number of anilines is 1. The summed E-state index contributed by atoms with van der Waals surface area (Å²) in [6.45, 7) is 3.54. The van der Waals surface area contributed by atoms with Gasteiger partial charge in [0, 0.05) is 42.5 Å². The Morgan fingerprint density at radius 1 is 0.929 bits per heavy atom. The first-order chi connectivity index (χ1) is 13.6. The Balaban J connectivity index is 1.40. The molecule has 0 radical (unpaired) electrons. The van der Waals surface area contributed by atoms with Crippen LogP contribution < -0.4 is 9.64 Å². The van der Waals surface area contributed by atoms with E-state index in [2.05, 4.69) is 21.9 Å². The number of piperazine rings is 1. The fourth-order valence-electron chi connectivity index (χ4n) is 3.34. The molecule has 144 valence electrons. The topological polar surface area (TPSA) is 28.9 Å². The third-order valence-electron chi connectivity index (χ3n) is 4.95. The lowest BCUT2D eigenvalue weighted by Crippen LogP contribution is -2.48. The van der Waals surface area contributed by atoms with Crippen molar-refractivity contribution in [2.75, 3.05) is 38.2 Å². The fourth-order valence-corrected chi connectivity index (χ4v) is 3.76. The zero-order chi connectivity index (χ0) is 19.5. The van der Waals surface area contributed by atoms with E-state index < -0.39 is 0 Å². The Labute approximate surface area is 175 Å². The van der Waals surface area contributed by atoms with Crippen molar-refractivity contribution in [2.24, 2.45) is 0 Å². The summed E-state index contributed by atoms with van der Waals surface area (Å²) in [6.07, 6.45) is 0. The van der Waals surface area contributed by atoms with Crippen molar-refractivity contribution in [3.63, 3.8) is 0 Å². The summed E-state index contributed by atoms with van der Waals surface area (Å²) in [4.78, 5) is 5.31. The molecular formula is C22H21ClN2O2S. The van der Waals surface area contributed by atoms with Gasteiger partial charge in [-0.15, -0.1) is 0 Å². The maximum Gasteiger partial charge on any atom is 0.162 e. The predicted molar refractivity (Wildman–Crippen MR) is 118 cm³/mol. The number of thiocarbonyl (C=S) groups is 1. The van der Waals surface area contributed by atoms with E-state index in [0.29, 0.717) is 0 Å². The Kier molecular flexibility index (Phi) is 5.55. The molecule has 0 atom stereocenters. The maximum atomic E-state index is 6.03. The molecule has 1 aliphatic heterocycles. The van der Waals surface area contributed by atoms with Gasteiger partial charge in [0.15, 0.2) is 5.76 Å². The smallest absolute Gasteiger partial charge is 0.162 e. The molecule has 0 amide bonds. The quantitative estimate of drug-likeness (QED) is 0.555. The number of ether oxygens (including phenoxy) is 1. The summed E-state index contributed by atoms with van der Waals surface area (Å²) in [5, 5.41) is 0.758. The summed E-state index contributed by atoms with van der Waals surface area (Å²) >= 11 is 11.7. The van der Waals surface area contributed by atoms with Gasteiger partial charge in [0.2, 0.25) is 0 Å². The molecule has 0 N–H and O–H groups in total. The fraction of sp³-hybridized carbons (Fsp3) is 0.227. The number of methoxy groups -OCH3 is 1. The van der Waals surface area contributed by atoms with Gasteiger partial charge in [-0.3, -0.25) is 0 Å². The lowest BCUT2D eigenvalue weighted by Gasteiger charge is -2.37. The second-order valence-corrected chi connectivity index (χ2v) is 7.47. The van der Waals surface area contributed by atoms with Crippen LogP contribution in [0.3, 0.4) is 0 Å². The van der Waals surface area contributed by atoms with Crippen LogP contribution in [0.2, 0.25) is 5.02 Å². The van der Waals surface area contributed by atoms with Crippen molar-refractivity contribution in [2.45, 2.75) is 0 Å². The molecule has 28 heavy (non-hydrogen) atoms. The molecule has 1 aromatic heterocycles. The van der Waals surface area contributed by atoms with E-state index in [-0.39, 0.29) is 0 Å². The number of furan rings is 1. The van der Waals surface area contributed by atoms with Gasteiger partial charge in [0.05, 0.1) is 7.11 Å². The Morgan fingerprint density at radius 3 is 2.25 bits per heavy atom. The second kappa shape index (κ2) is 8.25. The molecule has 1 fully saturated rings. The lowest BCUT2D eigenvalue weighted by molar-refractivity contribution is 0.385. The highest BCUT2D eigenvalue weighted by Crippen LogP contribution is 2.26. The van der Waals surface area contributed by atoms with Gasteiger partial charge in [-0.05, 0) is 60.7 Å². The molecule has 0 aliphatic carbocycles. The summed E-state index contributed by atoms with van der Waals surface area (Å²) < 4.78 is 11.2. The summed E-state index contributed by atoms with van der Waals surface area (Å²) in [5.41, 5.74) is 2.19. The molecule has 4 nitrogen and oxygen atoms in total. The first-order valence-electron chi connectivity index (χ1n) is 9.18. The van der Waals surface area contributed by atoms with E-state index in [1.54, 1.807) is 7.11 Å².